The molecule has 2 aromatic carbocycles. The Labute approximate surface area is 218 Å². The van der Waals surface area contributed by atoms with Gasteiger partial charge in [-0.3, -0.25) is 9.59 Å². The molecule has 8 heteroatoms. The van der Waals surface area contributed by atoms with Gasteiger partial charge in [-0.05, 0) is 43.0 Å². The van der Waals surface area contributed by atoms with Crippen molar-refractivity contribution in [2.24, 2.45) is 0 Å². The molecule has 1 aliphatic carbocycles. The average Bonchev–Trinajstić information content (AvgIpc) is 2.88. The first-order chi connectivity index (χ1) is 17.9. The Balaban J connectivity index is 1.64. The molecule has 2 atom stereocenters. The van der Waals surface area contributed by atoms with Gasteiger partial charge in [0.15, 0.2) is 11.2 Å². The maximum Gasteiger partial charge on any atom is 0.336 e. The molecule has 1 aliphatic heterocycles. The molecule has 0 spiro atoms. The third-order valence-corrected chi connectivity index (χ3v) is 7.28. The van der Waals surface area contributed by atoms with Crippen LogP contribution in [0.4, 0.5) is 0 Å². The molecule has 0 saturated heterocycles. The molecule has 2 aliphatic rings. The van der Waals surface area contributed by atoms with Crippen molar-refractivity contribution in [2.75, 3.05) is 20.3 Å². The number of allylic oxidation sites excluding steroid dienone is 3. The van der Waals surface area contributed by atoms with Crippen molar-refractivity contribution in [2.45, 2.75) is 31.6 Å². The molecule has 190 valence electrons. The van der Waals surface area contributed by atoms with E-state index in [9.17, 15) is 14.4 Å². The number of rotatable bonds is 6. The molecule has 0 fully saturated rings. The second-order valence-electron chi connectivity index (χ2n) is 9.18. The molecule has 0 saturated carbocycles. The van der Waals surface area contributed by atoms with Crippen LogP contribution in [0.5, 0.6) is 0 Å². The zero-order chi connectivity index (χ0) is 26.1. The number of esters is 1. The zero-order valence-electron chi connectivity index (χ0n) is 20.5. The Kier molecular flexibility index (Phi) is 7.00. The lowest BCUT2D eigenvalue weighted by Crippen LogP contribution is -2.37. The first-order valence-corrected chi connectivity index (χ1v) is 12.4. The highest BCUT2D eigenvalue weighted by molar-refractivity contribution is 6.31. The maximum absolute atomic E-state index is 13.7. The van der Waals surface area contributed by atoms with Gasteiger partial charge in [0.05, 0.1) is 29.7 Å². The highest BCUT2D eigenvalue weighted by Gasteiger charge is 2.43. The summed E-state index contributed by atoms with van der Waals surface area (Å²) in [6.45, 7) is 2.01. The summed E-state index contributed by atoms with van der Waals surface area (Å²) in [4.78, 5) is 40.7. The fourth-order valence-corrected chi connectivity index (χ4v) is 5.52. The van der Waals surface area contributed by atoms with Crippen molar-refractivity contribution in [3.05, 3.63) is 104 Å². The summed E-state index contributed by atoms with van der Waals surface area (Å²) in [7, 11) is 1.51. The van der Waals surface area contributed by atoms with Crippen LogP contribution in [0.3, 0.4) is 0 Å². The highest BCUT2D eigenvalue weighted by Crippen LogP contribution is 2.46. The summed E-state index contributed by atoms with van der Waals surface area (Å²) in [5, 5.41) is 4.25. The Bertz CT molecular complexity index is 1520. The van der Waals surface area contributed by atoms with E-state index in [-0.39, 0.29) is 47.9 Å². The quantitative estimate of drug-likeness (QED) is 0.362. The van der Waals surface area contributed by atoms with Gasteiger partial charge in [0.25, 0.3) is 0 Å². The molecule has 1 N–H and O–H groups in total. The fourth-order valence-electron chi connectivity index (χ4n) is 5.23. The molecular formula is C29H26ClNO6. The lowest BCUT2D eigenvalue weighted by atomic mass is 9.72. The monoisotopic (exact) mass is 519 g/mol. The largest absolute Gasteiger partial charge is 0.464 e. The van der Waals surface area contributed by atoms with Crippen LogP contribution >= 0.6 is 11.6 Å². The minimum Gasteiger partial charge on any atom is -0.464 e. The summed E-state index contributed by atoms with van der Waals surface area (Å²) in [5.74, 6) is -1.84. The van der Waals surface area contributed by atoms with Crippen LogP contribution in [0.15, 0.2) is 86.5 Å². The van der Waals surface area contributed by atoms with E-state index < -0.39 is 11.9 Å². The average molecular weight is 520 g/mol. The predicted octanol–water partition coefficient (Wildman–Crippen LogP) is 5.00. The molecule has 0 unspecified atom stereocenters. The third kappa shape index (κ3) is 4.61. The number of carbonyl (C=O) groups is 2. The number of ketones is 1. The van der Waals surface area contributed by atoms with Crippen LogP contribution < -0.4 is 10.7 Å². The first kappa shape index (κ1) is 25.0. The number of ether oxygens (including phenoxy) is 2. The third-order valence-electron chi connectivity index (χ3n) is 6.93. The van der Waals surface area contributed by atoms with Crippen molar-refractivity contribution in [1.29, 1.82) is 0 Å². The van der Waals surface area contributed by atoms with Gasteiger partial charge < -0.3 is 19.2 Å². The van der Waals surface area contributed by atoms with Gasteiger partial charge in [-0.25, -0.2) is 4.79 Å². The summed E-state index contributed by atoms with van der Waals surface area (Å²) in [6, 6.07) is 14.4. The van der Waals surface area contributed by atoms with E-state index in [1.54, 1.807) is 31.2 Å². The number of methoxy groups -OCH3 is 1. The molecule has 0 amide bonds. The SMILES string of the molecule is COCCOC(=O)C1=C(C)NC2=C(C(=O)C[C@H](c3ccccc3Cl)C2)[C@H]1c1coc2ccccc2c1=O. The van der Waals surface area contributed by atoms with Crippen LogP contribution in [0.2, 0.25) is 5.02 Å². The number of carbonyl (C=O) groups excluding carboxylic acids is 2. The van der Waals surface area contributed by atoms with Crippen LogP contribution in [0.25, 0.3) is 11.0 Å². The predicted molar refractivity (Wildman–Crippen MR) is 139 cm³/mol. The van der Waals surface area contributed by atoms with Gasteiger partial charge in [-0.15, -0.1) is 0 Å². The lowest BCUT2D eigenvalue weighted by molar-refractivity contribution is -0.140. The minimum absolute atomic E-state index is 0.0413. The number of halogens is 1. The van der Waals surface area contributed by atoms with Crippen LogP contribution in [-0.2, 0) is 19.1 Å². The molecule has 5 rings (SSSR count). The van der Waals surface area contributed by atoms with Crippen molar-refractivity contribution in [3.63, 3.8) is 0 Å². The Morgan fingerprint density at radius 2 is 1.81 bits per heavy atom. The van der Waals surface area contributed by atoms with E-state index in [2.05, 4.69) is 5.32 Å². The molecule has 3 aromatic rings. The van der Waals surface area contributed by atoms with Crippen molar-refractivity contribution in [3.8, 4) is 0 Å². The normalized spacial score (nSPS) is 19.6. The maximum atomic E-state index is 13.7. The Morgan fingerprint density at radius 1 is 1.05 bits per heavy atom. The first-order valence-electron chi connectivity index (χ1n) is 12.1. The number of benzene rings is 2. The van der Waals surface area contributed by atoms with E-state index >= 15 is 0 Å². The van der Waals surface area contributed by atoms with Crippen molar-refractivity contribution >= 4 is 34.3 Å². The van der Waals surface area contributed by atoms with Crippen LogP contribution in [0.1, 0.15) is 42.7 Å². The molecule has 1 aromatic heterocycles. The van der Waals surface area contributed by atoms with Gasteiger partial charge in [-0.2, -0.15) is 0 Å². The number of para-hydroxylation sites is 1. The molecule has 37 heavy (non-hydrogen) atoms. The summed E-state index contributed by atoms with van der Waals surface area (Å²) < 4.78 is 16.2. The highest BCUT2D eigenvalue weighted by atomic mass is 35.5. The molecular weight excluding hydrogens is 494 g/mol. The second-order valence-corrected chi connectivity index (χ2v) is 9.59. The summed E-state index contributed by atoms with van der Waals surface area (Å²) in [6.07, 6.45) is 2.06. The van der Waals surface area contributed by atoms with Gasteiger partial charge in [0.2, 0.25) is 0 Å². The number of hydrogen-bond donors (Lipinski definition) is 1. The number of fused-ring (bicyclic) bond motifs is 1. The van der Waals surface area contributed by atoms with Gasteiger partial charge >= 0.3 is 5.97 Å². The molecule has 2 heterocycles. The number of dihydropyridines is 1. The van der Waals surface area contributed by atoms with E-state index in [1.165, 1.54) is 13.4 Å². The van der Waals surface area contributed by atoms with Crippen LogP contribution in [0, 0.1) is 0 Å². The standard InChI is InChI=1S/C29H26ClNO6/c1-16-25(29(34)36-12-11-35-2)26(20-15-37-24-10-6-4-8-19(24)28(20)33)27-22(31-16)13-17(14-23(27)32)18-7-3-5-9-21(18)30/h3-10,15,17,26,31H,11-14H2,1-2H3/t17-,26+/m1/s1. The van der Waals surface area contributed by atoms with E-state index in [1.807, 2.05) is 24.3 Å². The van der Waals surface area contributed by atoms with Crippen molar-refractivity contribution in [1.82, 2.24) is 5.32 Å². The zero-order valence-corrected chi connectivity index (χ0v) is 21.3. The molecule has 0 radical (unpaired) electrons. The molecule has 0 bridgehead atoms. The smallest absolute Gasteiger partial charge is 0.336 e. The van der Waals surface area contributed by atoms with Crippen molar-refractivity contribution < 1.29 is 23.5 Å². The van der Waals surface area contributed by atoms with E-state index in [4.69, 9.17) is 25.5 Å². The fraction of sp³-hybridized carbons (Fsp3) is 0.276. The summed E-state index contributed by atoms with van der Waals surface area (Å²) >= 11 is 6.45. The van der Waals surface area contributed by atoms with E-state index in [0.717, 1.165) is 5.56 Å². The molecule has 7 nitrogen and oxygen atoms in total. The minimum atomic E-state index is -0.924. The number of Topliss-reactive ketones (excluding diaryl/α,β-unsaturated/α-hetero) is 1. The topological polar surface area (TPSA) is 94.8 Å². The lowest BCUT2D eigenvalue weighted by Gasteiger charge is -2.36. The van der Waals surface area contributed by atoms with Gasteiger partial charge in [0.1, 0.15) is 12.2 Å². The summed E-state index contributed by atoms with van der Waals surface area (Å²) in [5.41, 5.74) is 3.03. The Hall–Kier alpha value is -3.68. The van der Waals surface area contributed by atoms with Gasteiger partial charge in [-0.1, -0.05) is 41.9 Å². The second kappa shape index (κ2) is 10.4. The van der Waals surface area contributed by atoms with E-state index in [0.29, 0.717) is 39.4 Å². The van der Waals surface area contributed by atoms with Gasteiger partial charge in [0, 0.05) is 41.1 Å². The number of hydrogen-bond acceptors (Lipinski definition) is 7. The Morgan fingerprint density at radius 3 is 2.59 bits per heavy atom. The number of nitrogens with one attached hydrogen (secondary N) is 1. The van der Waals surface area contributed by atoms with Crippen LogP contribution in [-0.4, -0.2) is 32.1 Å².